The molecule has 21 heavy (non-hydrogen) atoms. The van der Waals surface area contributed by atoms with Gasteiger partial charge in [0.2, 0.25) is 11.7 Å². The monoisotopic (exact) mass is 295 g/mol. The summed E-state index contributed by atoms with van der Waals surface area (Å²) in [5.41, 5.74) is 5.88. The molecule has 1 aliphatic rings. The molecular formula is C16H29N3O2. The zero-order valence-electron chi connectivity index (χ0n) is 13.8. The molecule has 2 N–H and O–H groups in total. The normalized spacial score (nSPS) is 20.4. The lowest BCUT2D eigenvalue weighted by molar-refractivity contribution is -0.0777. The molecule has 1 heterocycles. The second-order valence-corrected chi connectivity index (χ2v) is 7.18. The highest BCUT2D eigenvalue weighted by molar-refractivity contribution is 5.04. The number of nitrogens with two attached hydrogens (primary N) is 1. The van der Waals surface area contributed by atoms with Crippen molar-refractivity contribution in [3.8, 4) is 0 Å². The van der Waals surface area contributed by atoms with Crippen LogP contribution in [0.3, 0.4) is 0 Å². The highest BCUT2D eigenvalue weighted by Gasteiger charge is 2.39. The van der Waals surface area contributed by atoms with Crippen molar-refractivity contribution in [2.24, 2.45) is 11.1 Å². The molecule has 1 atom stereocenters. The van der Waals surface area contributed by atoms with Gasteiger partial charge in [0.1, 0.15) is 5.60 Å². The fraction of sp³-hybridized carbons (Fsp3) is 0.875. The third-order valence-corrected chi connectivity index (χ3v) is 4.46. The first kappa shape index (κ1) is 16.4. The van der Waals surface area contributed by atoms with Gasteiger partial charge in [0.25, 0.3) is 0 Å². The Morgan fingerprint density at radius 2 is 1.95 bits per heavy atom. The van der Waals surface area contributed by atoms with Crippen LogP contribution in [0.1, 0.15) is 71.5 Å². The Bertz CT molecular complexity index is 439. The zero-order chi connectivity index (χ0) is 15.5. The van der Waals surface area contributed by atoms with Crippen molar-refractivity contribution in [3.63, 3.8) is 0 Å². The minimum absolute atomic E-state index is 0.000185. The van der Waals surface area contributed by atoms with Gasteiger partial charge in [-0.1, -0.05) is 45.2 Å². The molecular weight excluding hydrogens is 266 g/mol. The average Bonchev–Trinajstić information content (AvgIpc) is 2.88. The predicted molar refractivity (Wildman–Crippen MR) is 81.8 cm³/mol. The summed E-state index contributed by atoms with van der Waals surface area (Å²) in [4.78, 5) is 4.60. The molecule has 0 spiro atoms. The molecule has 1 saturated carbocycles. The van der Waals surface area contributed by atoms with E-state index in [4.69, 9.17) is 15.0 Å². The number of rotatable bonds is 5. The van der Waals surface area contributed by atoms with Gasteiger partial charge in [-0.3, -0.25) is 0 Å². The first-order chi connectivity index (χ1) is 9.87. The van der Waals surface area contributed by atoms with Crippen molar-refractivity contribution in [1.29, 1.82) is 0 Å². The number of hydrogen-bond donors (Lipinski definition) is 1. The van der Waals surface area contributed by atoms with Crippen LogP contribution in [0, 0.1) is 5.41 Å². The van der Waals surface area contributed by atoms with Crippen LogP contribution in [0.5, 0.6) is 0 Å². The van der Waals surface area contributed by atoms with E-state index in [2.05, 4.69) is 30.9 Å². The SMILES string of the molecule is CCOC1(c2noc(CC(N)C(C)(C)C)n2)CCCCC1. The predicted octanol–water partition coefficient (Wildman–Crippen LogP) is 3.18. The van der Waals surface area contributed by atoms with Crippen LogP contribution in [0.2, 0.25) is 0 Å². The van der Waals surface area contributed by atoms with Crippen molar-refractivity contribution in [3.05, 3.63) is 11.7 Å². The highest BCUT2D eigenvalue weighted by Crippen LogP contribution is 2.39. The Morgan fingerprint density at radius 3 is 2.52 bits per heavy atom. The maximum atomic E-state index is 6.20. The lowest BCUT2D eigenvalue weighted by Gasteiger charge is -2.33. The van der Waals surface area contributed by atoms with Crippen molar-refractivity contribution in [1.82, 2.24) is 10.1 Å². The summed E-state index contributed by atoms with van der Waals surface area (Å²) in [5.74, 6) is 1.33. The van der Waals surface area contributed by atoms with E-state index in [1.54, 1.807) is 0 Å². The van der Waals surface area contributed by atoms with Crippen molar-refractivity contribution in [2.45, 2.75) is 77.9 Å². The van der Waals surface area contributed by atoms with Gasteiger partial charge in [-0.25, -0.2) is 0 Å². The molecule has 2 rings (SSSR count). The van der Waals surface area contributed by atoms with Gasteiger partial charge in [-0.15, -0.1) is 0 Å². The molecule has 0 radical (unpaired) electrons. The summed E-state index contributed by atoms with van der Waals surface area (Å²) in [5, 5.41) is 4.20. The second-order valence-electron chi connectivity index (χ2n) is 7.18. The van der Waals surface area contributed by atoms with Gasteiger partial charge in [0, 0.05) is 19.1 Å². The fourth-order valence-corrected chi connectivity index (χ4v) is 2.85. The van der Waals surface area contributed by atoms with E-state index in [1.165, 1.54) is 6.42 Å². The smallest absolute Gasteiger partial charge is 0.228 e. The maximum Gasteiger partial charge on any atom is 0.228 e. The van der Waals surface area contributed by atoms with Crippen LogP contribution in [-0.2, 0) is 16.8 Å². The molecule has 5 heteroatoms. The third-order valence-electron chi connectivity index (χ3n) is 4.46. The number of nitrogens with zero attached hydrogens (tertiary/aromatic N) is 2. The summed E-state index contributed by atoms with van der Waals surface area (Å²) in [6.07, 6.45) is 6.14. The first-order valence-corrected chi connectivity index (χ1v) is 8.10. The van der Waals surface area contributed by atoms with Gasteiger partial charge in [0.15, 0.2) is 0 Å². The van der Waals surface area contributed by atoms with Crippen molar-refractivity contribution in [2.75, 3.05) is 6.61 Å². The molecule has 1 unspecified atom stereocenters. The Labute approximate surface area is 127 Å². The molecule has 0 bridgehead atoms. The molecule has 0 aromatic carbocycles. The Balaban J connectivity index is 2.13. The van der Waals surface area contributed by atoms with Gasteiger partial charge in [0.05, 0.1) is 0 Å². The average molecular weight is 295 g/mol. The number of aromatic nitrogens is 2. The summed E-state index contributed by atoms with van der Waals surface area (Å²) >= 11 is 0. The van der Waals surface area contributed by atoms with Crippen LogP contribution < -0.4 is 5.73 Å². The third kappa shape index (κ3) is 3.83. The van der Waals surface area contributed by atoms with E-state index in [9.17, 15) is 0 Å². The second kappa shape index (κ2) is 6.44. The molecule has 1 aliphatic carbocycles. The lowest BCUT2D eigenvalue weighted by Crippen LogP contribution is -2.37. The standard InChI is InChI=1S/C16H29N3O2/c1-5-20-16(9-7-6-8-10-16)14-18-13(21-19-14)11-12(17)15(2,3)4/h12H,5-11,17H2,1-4H3. The molecule has 1 fully saturated rings. The summed E-state index contributed by atoms with van der Waals surface area (Å²) in [6, 6.07) is 0.000185. The van der Waals surface area contributed by atoms with Crippen LogP contribution >= 0.6 is 0 Å². The van der Waals surface area contributed by atoms with Gasteiger partial charge in [-0.05, 0) is 25.2 Å². The van der Waals surface area contributed by atoms with Gasteiger partial charge >= 0.3 is 0 Å². The van der Waals surface area contributed by atoms with Gasteiger partial charge < -0.3 is 15.0 Å². The van der Waals surface area contributed by atoms with Crippen LogP contribution in [0.15, 0.2) is 4.52 Å². The van der Waals surface area contributed by atoms with Crippen molar-refractivity contribution < 1.29 is 9.26 Å². The fourth-order valence-electron chi connectivity index (χ4n) is 2.85. The van der Waals surface area contributed by atoms with E-state index in [0.29, 0.717) is 24.7 Å². The van der Waals surface area contributed by atoms with Crippen LogP contribution in [-0.4, -0.2) is 22.8 Å². The summed E-state index contributed by atoms with van der Waals surface area (Å²) in [6.45, 7) is 9.06. The quantitative estimate of drug-likeness (QED) is 0.903. The topological polar surface area (TPSA) is 74.2 Å². The van der Waals surface area contributed by atoms with E-state index in [1.807, 2.05) is 6.92 Å². The van der Waals surface area contributed by atoms with Crippen LogP contribution in [0.25, 0.3) is 0 Å². The van der Waals surface area contributed by atoms with E-state index >= 15 is 0 Å². The molecule has 1 aromatic heterocycles. The number of hydrogen-bond acceptors (Lipinski definition) is 5. The highest BCUT2D eigenvalue weighted by atomic mass is 16.5. The van der Waals surface area contributed by atoms with E-state index in [0.717, 1.165) is 25.7 Å². The van der Waals surface area contributed by atoms with E-state index in [-0.39, 0.29) is 17.1 Å². The van der Waals surface area contributed by atoms with Crippen molar-refractivity contribution >= 4 is 0 Å². The Kier molecular flexibility index (Phi) is 5.04. The zero-order valence-corrected chi connectivity index (χ0v) is 13.8. The minimum atomic E-state index is -0.347. The Morgan fingerprint density at radius 1 is 1.29 bits per heavy atom. The van der Waals surface area contributed by atoms with Gasteiger partial charge in [-0.2, -0.15) is 4.98 Å². The lowest BCUT2D eigenvalue weighted by atomic mass is 9.84. The molecule has 5 nitrogen and oxygen atoms in total. The molecule has 120 valence electrons. The number of ether oxygens (including phenoxy) is 1. The Hall–Kier alpha value is -0.940. The molecule has 0 aliphatic heterocycles. The maximum absolute atomic E-state index is 6.20. The largest absolute Gasteiger partial charge is 0.367 e. The minimum Gasteiger partial charge on any atom is -0.367 e. The van der Waals surface area contributed by atoms with E-state index < -0.39 is 0 Å². The molecule has 1 aromatic rings. The summed E-state index contributed by atoms with van der Waals surface area (Å²) in [7, 11) is 0. The molecule has 0 saturated heterocycles. The summed E-state index contributed by atoms with van der Waals surface area (Å²) < 4.78 is 11.5. The molecule has 0 amide bonds. The first-order valence-electron chi connectivity index (χ1n) is 8.10. The van der Waals surface area contributed by atoms with Crippen LogP contribution in [0.4, 0.5) is 0 Å².